The molecule has 336 valence electrons. The molecule has 10 rings (SSSR count). The maximum absolute atomic E-state index is 14.0. The molecular weight excluding hydrogens is 830 g/mol. The van der Waals surface area contributed by atoms with Gasteiger partial charge in [-0.3, -0.25) is 29.4 Å². The minimum atomic E-state index is -0.287. The lowest BCUT2D eigenvalue weighted by atomic mass is 10.0. The summed E-state index contributed by atoms with van der Waals surface area (Å²) < 4.78 is 21.5. The maximum Gasteiger partial charge on any atom is 0.251 e. The smallest absolute Gasteiger partial charge is 0.251 e. The number of nitrogens with two attached hydrogens (primary N) is 2. The summed E-state index contributed by atoms with van der Waals surface area (Å²) in [5, 5.41) is 11.0. The molecule has 4 amide bonds. The Morgan fingerprint density at radius 1 is 0.846 bits per heavy atom. The number of carbonyl (C=O) groups is 4. The van der Waals surface area contributed by atoms with E-state index in [-0.39, 0.29) is 36.0 Å². The van der Waals surface area contributed by atoms with Crippen molar-refractivity contribution in [3.8, 4) is 17.0 Å². The number of fused-ring (bicyclic) bond motifs is 2. The molecule has 0 spiro atoms. The number of halogens is 1. The molecule has 2 aromatic heterocycles. The summed E-state index contributed by atoms with van der Waals surface area (Å²) in [5.41, 5.74) is 20.4. The Kier molecular flexibility index (Phi) is 13.6. The number of hydrogen-bond donors (Lipinski definition) is 4. The van der Waals surface area contributed by atoms with Crippen molar-refractivity contribution in [3.63, 3.8) is 0 Å². The maximum atomic E-state index is 14.0. The van der Waals surface area contributed by atoms with Crippen molar-refractivity contribution in [2.75, 3.05) is 61.9 Å². The number of primary amides is 1. The van der Waals surface area contributed by atoms with Crippen LogP contribution in [0.1, 0.15) is 64.3 Å². The number of nitrogens with one attached hydrogen (secondary N) is 2. The number of rotatable bonds is 9. The van der Waals surface area contributed by atoms with E-state index in [0.29, 0.717) is 43.8 Å². The molecule has 17 heteroatoms. The van der Waals surface area contributed by atoms with Gasteiger partial charge in [0.1, 0.15) is 29.4 Å². The minimum absolute atomic E-state index is 0.0278. The molecule has 0 saturated carbocycles. The van der Waals surface area contributed by atoms with E-state index >= 15 is 0 Å². The number of ether oxygens (including phenoxy) is 1. The molecule has 65 heavy (non-hydrogen) atoms. The first-order valence-electron chi connectivity index (χ1n) is 21.7. The third-order valence-corrected chi connectivity index (χ3v) is 12.2. The Hall–Kier alpha value is -7.40. The zero-order chi connectivity index (χ0) is 45.5. The van der Waals surface area contributed by atoms with Crippen LogP contribution in [0.25, 0.3) is 22.3 Å². The van der Waals surface area contributed by atoms with Gasteiger partial charge in [0.05, 0.1) is 18.5 Å². The summed E-state index contributed by atoms with van der Waals surface area (Å²) in [5.74, 6) is 0.528. The van der Waals surface area contributed by atoms with Crippen molar-refractivity contribution >= 4 is 52.4 Å². The monoisotopic (exact) mass is 881 g/mol. The van der Waals surface area contributed by atoms with Gasteiger partial charge in [-0.25, -0.2) is 19.0 Å². The van der Waals surface area contributed by atoms with Crippen LogP contribution in [0.3, 0.4) is 0 Å². The lowest BCUT2D eigenvalue weighted by Gasteiger charge is -2.36. The second-order valence-corrected chi connectivity index (χ2v) is 16.4. The number of aromatic nitrogens is 4. The molecular formula is C48H52FN11O5. The average Bonchev–Trinajstić information content (AvgIpc) is 4.06. The highest BCUT2D eigenvalue weighted by Gasteiger charge is 2.29. The van der Waals surface area contributed by atoms with Crippen molar-refractivity contribution in [2.24, 2.45) is 5.73 Å². The van der Waals surface area contributed by atoms with Gasteiger partial charge < -0.3 is 31.3 Å². The van der Waals surface area contributed by atoms with Gasteiger partial charge >= 0.3 is 0 Å². The number of methoxy groups -OCH3 is 1. The number of benzene rings is 4. The van der Waals surface area contributed by atoms with Crippen LogP contribution in [0.15, 0.2) is 91.3 Å². The predicted octanol–water partition coefficient (Wildman–Crippen LogP) is 4.75. The molecule has 1 unspecified atom stereocenters. The molecule has 6 aromatic rings. The lowest BCUT2D eigenvalue weighted by molar-refractivity contribution is -0.133. The minimum Gasteiger partial charge on any atom is -0.496 e. The first-order chi connectivity index (χ1) is 31.6. The third-order valence-electron chi connectivity index (χ3n) is 12.2. The molecule has 4 aliphatic heterocycles. The lowest BCUT2D eigenvalue weighted by Crippen LogP contribution is -2.46. The Labute approximate surface area is 375 Å². The SMILES string of the molecule is COc1ccc(F)cc1Cc1ccc(-c2nn(C3CCN(c4ccc(CN5CCN(c6ccc7c(c6)CNC7=O)CC5)cc4)C3)c3ncnc(N)c23)cc1.NC=O.O=C1CCCC(=O)N1. The Morgan fingerprint density at radius 2 is 1.55 bits per heavy atom. The van der Waals surface area contributed by atoms with E-state index in [1.807, 2.05) is 35.0 Å². The quantitative estimate of drug-likeness (QED) is 0.115. The fraction of sp³-hybridized carbons (Fsp3) is 0.312. The largest absolute Gasteiger partial charge is 0.496 e. The van der Waals surface area contributed by atoms with E-state index in [4.69, 9.17) is 20.4 Å². The number of piperazine rings is 1. The van der Waals surface area contributed by atoms with Crippen LogP contribution in [-0.4, -0.2) is 95.2 Å². The summed E-state index contributed by atoms with van der Waals surface area (Å²) in [4.78, 5) is 57.5. The third kappa shape index (κ3) is 10.2. The van der Waals surface area contributed by atoms with Crippen LogP contribution in [0.2, 0.25) is 0 Å². The van der Waals surface area contributed by atoms with Crippen LogP contribution < -0.4 is 36.6 Å². The molecule has 16 nitrogen and oxygen atoms in total. The van der Waals surface area contributed by atoms with E-state index in [2.05, 4.69) is 77.4 Å². The zero-order valence-electron chi connectivity index (χ0n) is 36.2. The van der Waals surface area contributed by atoms with Crippen molar-refractivity contribution in [1.82, 2.24) is 35.3 Å². The second kappa shape index (κ2) is 20.0. The zero-order valence-corrected chi connectivity index (χ0v) is 36.2. The molecule has 6 N–H and O–H groups in total. The molecule has 6 heterocycles. The van der Waals surface area contributed by atoms with Crippen LogP contribution >= 0.6 is 0 Å². The number of carbonyl (C=O) groups excluding carboxylic acids is 4. The van der Waals surface area contributed by atoms with Crippen molar-refractivity contribution in [2.45, 2.75) is 51.2 Å². The average molecular weight is 882 g/mol. The highest BCUT2D eigenvalue weighted by atomic mass is 19.1. The fourth-order valence-electron chi connectivity index (χ4n) is 8.85. The van der Waals surface area contributed by atoms with E-state index in [0.717, 1.165) is 96.8 Å². The number of hydrogen-bond acceptors (Lipinski definition) is 12. The van der Waals surface area contributed by atoms with E-state index in [9.17, 15) is 18.8 Å². The van der Waals surface area contributed by atoms with E-state index in [1.165, 1.54) is 35.4 Å². The number of amides is 4. The summed E-state index contributed by atoms with van der Waals surface area (Å²) in [7, 11) is 1.60. The van der Waals surface area contributed by atoms with Crippen molar-refractivity contribution in [1.29, 1.82) is 0 Å². The fourth-order valence-corrected chi connectivity index (χ4v) is 8.85. The number of imide groups is 1. The number of anilines is 3. The normalized spacial score (nSPS) is 17.1. The van der Waals surface area contributed by atoms with Gasteiger partial charge in [-0.15, -0.1) is 0 Å². The summed E-state index contributed by atoms with van der Waals surface area (Å²) in [6, 6.07) is 28.0. The standard InChI is InChI=1S/C42H42FN9O2.C5H7NO2.CH3NO/c1-54-37-13-8-32(43)21-30(37)20-27-2-6-29(7-3-27)39-38-40(44)46-26-47-41(38)52(48-39)35-14-15-51(25-35)33-9-4-28(5-10-33)24-49-16-18-50(19-17-49)34-11-12-36-31(22-34)23-45-42(36)53;7-4-2-1-3-5(8)6-4;2-1-3/h2-13,21-22,26,35H,14-20,23-25H2,1H3,(H,45,53)(H2,44,46,47);1-3H2,(H,6,7,8);1H,(H2,2,3). The van der Waals surface area contributed by atoms with Gasteiger partial charge in [-0.05, 0) is 78.1 Å². The van der Waals surface area contributed by atoms with Crippen molar-refractivity contribution in [3.05, 3.63) is 125 Å². The predicted molar refractivity (Wildman–Crippen MR) is 246 cm³/mol. The highest BCUT2D eigenvalue weighted by molar-refractivity contribution is 5.99. The Balaban J connectivity index is 0.000000465. The van der Waals surface area contributed by atoms with Crippen LogP contribution in [-0.2, 0) is 33.9 Å². The van der Waals surface area contributed by atoms with E-state index in [1.54, 1.807) is 13.2 Å². The van der Waals surface area contributed by atoms with Gasteiger partial charge in [-0.2, -0.15) is 5.10 Å². The molecule has 0 aliphatic carbocycles. The highest BCUT2D eigenvalue weighted by Crippen LogP contribution is 2.36. The van der Waals surface area contributed by atoms with E-state index < -0.39 is 0 Å². The van der Waals surface area contributed by atoms with Gasteiger partial charge in [0.2, 0.25) is 18.2 Å². The molecule has 0 bridgehead atoms. The molecule has 4 aliphatic rings. The number of nitrogen functional groups attached to an aromatic ring is 1. The van der Waals surface area contributed by atoms with Crippen molar-refractivity contribution < 1.29 is 28.3 Å². The topological polar surface area (TPSA) is 207 Å². The van der Waals surface area contributed by atoms with Gasteiger partial charge in [0.15, 0.2) is 5.65 Å². The number of nitrogens with zero attached hydrogens (tertiary/aromatic N) is 7. The molecule has 3 saturated heterocycles. The van der Waals surface area contributed by atoms with Gasteiger partial charge in [0, 0.05) is 99.7 Å². The number of piperidine rings is 1. The molecule has 1 atom stereocenters. The summed E-state index contributed by atoms with van der Waals surface area (Å²) in [6.45, 7) is 7.17. The first kappa shape index (κ1) is 44.2. The summed E-state index contributed by atoms with van der Waals surface area (Å²) >= 11 is 0. The van der Waals surface area contributed by atoms with Crippen LogP contribution in [0.4, 0.5) is 21.6 Å². The van der Waals surface area contributed by atoms with Crippen LogP contribution in [0.5, 0.6) is 5.75 Å². The summed E-state index contributed by atoms with van der Waals surface area (Å²) in [6.07, 6.45) is 4.95. The van der Waals surface area contributed by atoms with Gasteiger partial charge in [0.25, 0.3) is 5.91 Å². The molecule has 4 aromatic carbocycles. The molecule has 3 fully saturated rings. The van der Waals surface area contributed by atoms with Crippen LogP contribution in [0, 0.1) is 5.82 Å². The Bertz CT molecular complexity index is 2670. The Morgan fingerprint density at radius 3 is 2.25 bits per heavy atom. The molecule has 0 radical (unpaired) electrons. The second-order valence-electron chi connectivity index (χ2n) is 16.4. The van der Waals surface area contributed by atoms with Gasteiger partial charge in [-0.1, -0.05) is 36.4 Å². The first-order valence-corrected chi connectivity index (χ1v) is 21.7.